The second-order valence-corrected chi connectivity index (χ2v) is 5.64. The highest BCUT2D eigenvalue weighted by molar-refractivity contribution is 7.98. The number of halogens is 3. The third-order valence-corrected chi connectivity index (χ3v) is 4.28. The molecular formula is C12H7Cl2FN2S. The van der Waals surface area contributed by atoms with Gasteiger partial charge in [0.25, 0.3) is 0 Å². The lowest BCUT2D eigenvalue weighted by Gasteiger charge is -2.05. The molecule has 0 saturated carbocycles. The van der Waals surface area contributed by atoms with Crippen molar-refractivity contribution in [1.82, 2.24) is 9.97 Å². The molecule has 6 heteroatoms. The molecule has 0 radical (unpaired) electrons. The molecule has 1 aromatic heterocycles. The number of rotatable bonds is 1. The third kappa shape index (κ3) is 2.09. The van der Waals surface area contributed by atoms with Gasteiger partial charge in [-0.3, -0.25) is 0 Å². The highest BCUT2D eigenvalue weighted by atomic mass is 35.5. The van der Waals surface area contributed by atoms with Gasteiger partial charge in [-0.15, -0.1) is 0 Å². The Morgan fingerprint density at radius 3 is 2.78 bits per heavy atom. The maximum Gasteiger partial charge on any atom is 0.161 e. The van der Waals surface area contributed by atoms with Gasteiger partial charge >= 0.3 is 0 Å². The highest BCUT2D eigenvalue weighted by Gasteiger charge is 2.19. The molecule has 18 heavy (non-hydrogen) atoms. The smallest absolute Gasteiger partial charge is 0.161 e. The normalized spacial score (nSPS) is 13.7. The number of hydrogen-bond donors (Lipinski definition) is 0. The van der Waals surface area contributed by atoms with Crippen molar-refractivity contribution in [3.63, 3.8) is 0 Å². The van der Waals surface area contributed by atoms with Crippen molar-refractivity contribution in [3.8, 4) is 11.4 Å². The molecule has 0 saturated heterocycles. The molecule has 0 spiro atoms. The Morgan fingerprint density at radius 1 is 1.17 bits per heavy atom. The molecule has 3 rings (SSSR count). The molecule has 0 amide bonds. The minimum Gasteiger partial charge on any atom is -0.232 e. The Bertz CT molecular complexity index is 634. The van der Waals surface area contributed by atoms with Gasteiger partial charge in [0.05, 0.1) is 10.7 Å². The Labute approximate surface area is 118 Å². The maximum atomic E-state index is 13.1. The average Bonchev–Trinajstić information content (AvgIpc) is 2.81. The van der Waals surface area contributed by atoms with Crippen LogP contribution in [-0.4, -0.2) is 9.97 Å². The Kier molecular flexibility index (Phi) is 3.18. The zero-order valence-electron chi connectivity index (χ0n) is 9.08. The predicted molar refractivity (Wildman–Crippen MR) is 72.4 cm³/mol. The van der Waals surface area contributed by atoms with E-state index in [1.165, 1.54) is 12.1 Å². The van der Waals surface area contributed by atoms with E-state index in [-0.39, 0.29) is 5.02 Å². The van der Waals surface area contributed by atoms with Crippen LogP contribution in [0.5, 0.6) is 0 Å². The molecule has 0 N–H and O–H groups in total. The van der Waals surface area contributed by atoms with Crippen molar-refractivity contribution >= 4 is 35.0 Å². The quantitative estimate of drug-likeness (QED) is 0.733. The molecule has 1 aliphatic rings. The molecule has 0 aliphatic carbocycles. The molecule has 2 aromatic rings. The van der Waals surface area contributed by atoms with Gasteiger partial charge in [-0.25, -0.2) is 14.4 Å². The van der Waals surface area contributed by atoms with Gasteiger partial charge < -0.3 is 0 Å². The first-order valence-corrected chi connectivity index (χ1v) is 7.14. The van der Waals surface area contributed by atoms with Crippen molar-refractivity contribution < 1.29 is 4.39 Å². The van der Waals surface area contributed by atoms with Crippen LogP contribution < -0.4 is 0 Å². The molecular weight excluding hydrogens is 294 g/mol. The molecule has 0 fully saturated rings. The third-order valence-electron chi connectivity index (χ3n) is 2.71. The second kappa shape index (κ2) is 4.68. The van der Waals surface area contributed by atoms with E-state index in [4.69, 9.17) is 23.2 Å². The fourth-order valence-electron chi connectivity index (χ4n) is 1.78. The SMILES string of the molecule is Fc1ccc(-c2nc(Cl)c3c(n2)CSC3)cc1Cl. The Hall–Kier alpha value is -0.840. The van der Waals surface area contributed by atoms with Crippen LogP contribution in [0, 0.1) is 5.82 Å². The van der Waals surface area contributed by atoms with Gasteiger partial charge in [-0.05, 0) is 18.2 Å². The van der Waals surface area contributed by atoms with Crippen LogP contribution in [0.3, 0.4) is 0 Å². The van der Waals surface area contributed by atoms with Gasteiger partial charge in [0.1, 0.15) is 11.0 Å². The number of fused-ring (bicyclic) bond motifs is 1. The molecule has 0 bridgehead atoms. The summed E-state index contributed by atoms with van der Waals surface area (Å²) in [7, 11) is 0. The number of nitrogens with zero attached hydrogens (tertiary/aromatic N) is 2. The van der Waals surface area contributed by atoms with E-state index in [1.807, 2.05) is 0 Å². The molecule has 1 aromatic carbocycles. The first kappa shape index (κ1) is 12.2. The summed E-state index contributed by atoms with van der Waals surface area (Å²) >= 11 is 13.6. The minimum absolute atomic E-state index is 0.0575. The summed E-state index contributed by atoms with van der Waals surface area (Å²) in [4.78, 5) is 8.70. The topological polar surface area (TPSA) is 25.8 Å². The van der Waals surface area contributed by atoms with E-state index in [0.29, 0.717) is 16.5 Å². The van der Waals surface area contributed by atoms with Crippen molar-refractivity contribution in [1.29, 1.82) is 0 Å². The van der Waals surface area contributed by atoms with Crippen LogP contribution in [-0.2, 0) is 11.5 Å². The van der Waals surface area contributed by atoms with E-state index in [1.54, 1.807) is 17.8 Å². The number of benzene rings is 1. The van der Waals surface area contributed by atoms with E-state index in [0.717, 1.165) is 22.8 Å². The van der Waals surface area contributed by atoms with Crippen molar-refractivity contribution in [2.75, 3.05) is 0 Å². The minimum atomic E-state index is -0.455. The lowest BCUT2D eigenvalue weighted by atomic mass is 10.2. The molecule has 0 atom stereocenters. The summed E-state index contributed by atoms with van der Waals surface area (Å²) in [6.07, 6.45) is 0. The monoisotopic (exact) mass is 300 g/mol. The fourth-order valence-corrected chi connectivity index (χ4v) is 3.33. The second-order valence-electron chi connectivity index (χ2n) is 3.88. The lowest BCUT2D eigenvalue weighted by molar-refractivity contribution is 0.628. The summed E-state index contributed by atoms with van der Waals surface area (Å²) in [5, 5.41) is 0.530. The molecule has 2 heterocycles. The summed E-state index contributed by atoms with van der Waals surface area (Å²) < 4.78 is 13.1. The first-order valence-electron chi connectivity index (χ1n) is 5.23. The van der Waals surface area contributed by atoms with Gasteiger partial charge in [0.2, 0.25) is 0 Å². The predicted octanol–water partition coefficient (Wildman–Crippen LogP) is 4.34. The first-order chi connectivity index (χ1) is 8.65. The maximum absolute atomic E-state index is 13.1. The Balaban J connectivity index is 2.12. The standard InChI is InChI=1S/C12H7Cl2FN2S/c13-8-3-6(1-2-9(8)15)12-16-10-5-18-4-7(10)11(14)17-12/h1-3H,4-5H2. The summed E-state index contributed by atoms with van der Waals surface area (Å²) in [5.74, 6) is 1.71. The fraction of sp³-hybridized carbons (Fsp3) is 0.167. The molecule has 1 aliphatic heterocycles. The van der Waals surface area contributed by atoms with Gasteiger partial charge in [0.15, 0.2) is 5.82 Å². The van der Waals surface area contributed by atoms with E-state index in [9.17, 15) is 4.39 Å². The molecule has 0 unspecified atom stereocenters. The van der Waals surface area contributed by atoms with Crippen LogP contribution in [0.1, 0.15) is 11.3 Å². The number of hydrogen-bond acceptors (Lipinski definition) is 3. The van der Waals surface area contributed by atoms with Crippen molar-refractivity contribution in [2.24, 2.45) is 0 Å². The molecule has 92 valence electrons. The Morgan fingerprint density at radius 2 is 2.00 bits per heavy atom. The number of thioether (sulfide) groups is 1. The van der Waals surface area contributed by atoms with E-state index in [2.05, 4.69) is 9.97 Å². The van der Waals surface area contributed by atoms with Crippen molar-refractivity contribution in [2.45, 2.75) is 11.5 Å². The van der Waals surface area contributed by atoms with Crippen LogP contribution in [0.15, 0.2) is 18.2 Å². The van der Waals surface area contributed by atoms with Crippen LogP contribution in [0.4, 0.5) is 4.39 Å². The summed E-state index contributed by atoms with van der Waals surface area (Å²) in [5.41, 5.74) is 2.62. The van der Waals surface area contributed by atoms with E-state index >= 15 is 0 Å². The summed E-state index contributed by atoms with van der Waals surface area (Å²) in [6, 6.07) is 4.41. The van der Waals surface area contributed by atoms with Crippen LogP contribution in [0.2, 0.25) is 10.2 Å². The van der Waals surface area contributed by atoms with Gasteiger partial charge in [-0.1, -0.05) is 23.2 Å². The largest absolute Gasteiger partial charge is 0.232 e. The highest BCUT2D eigenvalue weighted by Crippen LogP contribution is 2.34. The van der Waals surface area contributed by atoms with E-state index < -0.39 is 5.82 Å². The summed E-state index contributed by atoms with van der Waals surface area (Å²) in [6.45, 7) is 0. The lowest BCUT2D eigenvalue weighted by Crippen LogP contribution is -1.97. The number of aromatic nitrogens is 2. The van der Waals surface area contributed by atoms with Crippen LogP contribution in [0.25, 0.3) is 11.4 Å². The zero-order valence-corrected chi connectivity index (χ0v) is 11.4. The average molecular weight is 301 g/mol. The van der Waals surface area contributed by atoms with Gasteiger partial charge in [-0.2, -0.15) is 11.8 Å². The molecule has 2 nitrogen and oxygen atoms in total. The van der Waals surface area contributed by atoms with Crippen molar-refractivity contribution in [3.05, 3.63) is 45.4 Å². The van der Waals surface area contributed by atoms with Crippen LogP contribution >= 0.6 is 35.0 Å². The van der Waals surface area contributed by atoms with Gasteiger partial charge in [0, 0.05) is 22.6 Å². The zero-order chi connectivity index (χ0) is 12.7.